The molecule has 0 aliphatic carbocycles. The van der Waals surface area contributed by atoms with E-state index in [0.717, 1.165) is 0 Å². The molecular formula is C14H18FNO4S. The van der Waals surface area contributed by atoms with Gasteiger partial charge in [0.1, 0.15) is 5.82 Å². The Morgan fingerprint density at radius 2 is 2.19 bits per heavy atom. The van der Waals surface area contributed by atoms with E-state index < -0.39 is 27.7 Å². The summed E-state index contributed by atoms with van der Waals surface area (Å²) in [6.07, 6.45) is 1.01. The van der Waals surface area contributed by atoms with Crippen molar-refractivity contribution in [3.8, 4) is 0 Å². The highest BCUT2D eigenvalue weighted by Gasteiger charge is 2.32. The van der Waals surface area contributed by atoms with E-state index in [9.17, 15) is 17.6 Å². The summed E-state index contributed by atoms with van der Waals surface area (Å²) < 4.78 is 39.3. The van der Waals surface area contributed by atoms with Crippen LogP contribution in [0.4, 0.5) is 4.39 Å². The van der Waals surface area contributed by atoms with Crippen LogP contribution < -0.4 is 0 Å². The molecular weight excluding hydrogens is 297 g/mol. The van der Waals surface area contributed by atoms with Crippen LogP contribution in [0.15, 0.2) is 18.2 Å². The van der Waals surface area contributed by atoms with Crippen LogP contribution in [0.5, 0.6) is 0 Å². The molecule has 0 aromatic heterocycles. The summed E-state index contributed by atoms with van der Waals surface area (Å²) in [5, 5.41) is 9.01. The van der Waals surface area contributed by atoms with Gasteiger partial charge in [0.25, 0.3) is 0 Å². The number of rotatable bonds is 4. The van der Waals surface area contributed by atoms with Gasteiger partial charge in [-0.1, -0.05) is 12.1 Å². The maximum atomic E-state index is 13.5. The molecule has 1 aromatic carbocycles. The highest BCUT2D eigenvalue weighted by atomic mass is 32.2. The fourth-order valence-electron chi connectivity index (χ4n) is 2.42. The van der Waals surface area contributed by atoms with Crippen LogP contribution in [0.1, 0.15) is 24.0 Å². The van der Waals surface area contributed by atoms with E-state index in [1.807, 2.05) is 0 Å². The van der Waals surface area contributed by atoms with Gasteiger partial charge >= 0.3 is 5.97 Å². The molecule has 1 aliphatic heterocycles. The van der Waals surface area contributed by atoms with E-state index in [-0.39, 0.29) is 12.3 Å². The van der Waals surface area contributed by atoms with Crippen LogP contribution >= 0.6 is 0 Å². The van der Waals surface area contributed by atoms with Crippen molar-refractivity contribution in [3.05, 3.63) is 35.1 Å². The number of aryl methyl sites for hydroxylation is 1. The maximum absolute atomic E-state index is 13.5. The van der Waals surface area contributed by atoms with Gasteiger partial charge in [-0.15, -0.1) is 0 Å². The minimum absolute atomic E-state index is 0.00793. The third-order valence-electron chi connectivity index (χ3n) is 3.71. The Morgan fingerprint density at radius 3 is 2.81 bits per heavy atom. The minimum Gasteiger partial charge on any atom is -0.481 e. The van der Waals surface area contributed by atoms with E-state index in [4.69, 9.17) is 5.11 Å². The molecule has 2 rings (SSSR count). The average Bonchev–Trinajstić information content (AvgIpc) is 2.43. The number of carboxylic acids is 1. The molecule has 7 heteroatoms. The van der Waals surface area contributed by atoms with Gasteiger partial charge in [-0.2, -0.15) is 0 Å². The minimum atomic E-state index is -3.63. The predicted molar refractivity (Wildman–Crippen MR) is 75.7 cm³/mol. The van der Waals surface area contributed by atoms with Gasteiger partial charge in [-0.3, -0.25) is 4.79 Å². The molecule has 5 nitrogen and oxygen atoms in total. The molecule has 1 atom stereocenters. The Labute approximate surface area is 123 Å². The Hall–Kier alpha value is -1.47. The second-order valence-corrected chi connectivity index (χ2v) is 7.34. The first-order valence-electron chi connectivity index (χ1n) is 6.75. The molecule has 1 saturated heterocycles. The van der Waals surface area contributed by atoms with Crippen LogP contribution in [0.25, 0.3) is 0 Å². The summed E-state index contributed by atoms with van der Waals surface area (Å²) in [5.41, 5.74) is 0.829. The van der Waals surface area contributed by atoms with Crippen LogP contribution in [0, 0.1) is 18.7 Å². The third-order valence-corrected chi connectivity index (χ3v) is 5.53. The Kier molecular flexibility index (Phi) is 4.63. The standard InChI is InChI=1S/C14H18FNO4S/c1-10-4-5-11(7-13(10)15)9-21(19,20)16-6-2-3-12(8-16)14(17)18/h4-5,7,12H,2-3,6,8-9H2,1H3,(H,17,18)/t12-/m0/s1. The number of sulfonamides is 1. The lowest BCUT2D eigenvalue weighted by Crippen LogP contribution is -2.42. The second kappa shape index (κ2) is 6.11. The highest BCUT2D eigenvalue weighted by molar-refractivity contribution is 7.88. The second-order valence-electron chi connectivity index (χ2n) is 5.38. The molecule has 0 radical (unpaired) electrons. The third kappa shape index (κ3) is 3.79. The van der Waals surface area contributed by atoms with Gasteiger partial charge in [0, 0.05) is 13.1 Å². The largest absolute Gasteiger partial charge is 0.481 e. The molecule has 1 N–H and O–H groups in total. The van der Waals surface area contributed by atoms with Crippen molar-refractivity contribution in [3.63, 3.8) is 0 Å². The number of carboxylic acid groups (broad SMARTS) is 1. The van der Waals surface area contributed by atoms with Crippen LogP contribution in [0.2, 0.25) is 0 Å². The molecule has 21 heavy (non-hydrogen) atoms. The first-order valence-corrected chi connectivity index (χ1v) is 8.36. The summed E-state index contributed by atoms with van der Waals surface area (Å²) in [6.45, 7) is 1.92. The van der Waals surface area contributed by atoms with Crippen molar-refractivity contribution < 1.29 is 22.7 Å². The van der Waals surface area contributed by atoms with Crippen molar-refractivity contribution >= 4 is 16.0 Å². The molecule has 0 spiro atoms. The first kappa shape index (κ1) is 15.9. The zero-order valence-corrected chi connectivity index (χ0v) is 12.6. The van der Waals surface area contributed by atoms with Gasteiger partial charge in [0.2, 0.25) is 10.0 Å². The summed E-state index contributed by atoms with van der Waals surface area (Å²) in [7, 11) is -3.63. The SMILES string of the molecule is Cc1ccc(CS(=O)(=O)N2CCC[C@H](C(=O)O)C2)cc1F. The molecule has 1 aliphatic rings. The lowest BCUT2D eigenvalue weighted by molar-refractivity contribution is -0.142. The van der Waals surface area contributed by atoms with Crippen molar-refractivity contribution in [2.75, 3.05) is 13.1 Å². The van der Waals surface area contributed by atoms with Crippen LogP contribution in [-0.2, 0) is 20.6 Å². The molecule has 0 saturated carbocycles. The maximum Gasteiger partial charge on any atom is 0.307 e. The first-order chi connectivity index (χ1) is 9.79. The number of nitrogens with zero attached hydrogens (tertiary/aromatic N) is 1. The Morgan fingerprint density at radius 1 is 1.48 bits per heavy atom. The van der Waals surface area contributed by atoms with Crippen molar-refractivity contribution in [2.45, 2.75) is 25.5 Å². The van der Waals surface area contributed by atoms with Gasteiger partial charge in [-0.25, -0.2) is 17.1 Å². The van der Waals surface area contributed by atoms with Gasteiger partial charge in [0.05, 0.1) is 11.7 Å². The van der Waals surface area contributed by atoms with E-state index in [2.05, 4.69) is 0 Å². The number of piperidine rings is 1. The van der Waals surface area contributed by atoms with E-state index >= 15 is 0 Å². The Bertz CT molecular complexity index is 644. The molecule has 0 amide bonds. The molecule has 116 valence electrons. The van der Waals surface area contributed by atoms with E-state index in [1.165, 1.54) is 16.4 Å². The smallest absolute Gasteiger partial charge is 0.307 e. The number of benzene rings is 1. The zero-order chi connectivity index (χ0) is 15.6. The van der Waals surface area contributed by atoms with Gasteiger partial charge in [0.15, 0.2) is 0 Å². The molecule has 0 bridgehead atoms. The number of halogens is 1. The van der Waals surface area contributed by atoms with Crippen molar-refractivity contribution in [2.24, 2.45) is 5.92 Å². The summed E-state index contributed by atoms with van der Waals surface area (Å²) in [4.78, 5) is 11.0. The number of aliphatic carboxylic acids is 1. The summed E-state index contributed by atoms with van der Waals surface area (Å²) in [6, 6.07) is 4.33. The predicted octanol–water partition coefficient (Wildman–Crippen LogP) is 1.76. The Balaban J connectivity index is 2.14. The zero-order valence-electron chi connectivity index (χ0n) is 11.8. The normalized spacial score (nSPS) is 20.4. The number of hydrogen-bond donors (Lipinski definition) is 1. The fraction of sp³-hybridized carbons (Fsp3) is 0.500. The lowest BCUT2D eigenvalue weighted by Gasteiger charge is -2.29. The lowest BCUT2D eigenvalue weighted by atomic mass is 10.0. The van der Waals surface area contributed by atoms with Gasteiger partial charge < -0.3 is 5.11 Å². The van der Waals surface area contributed by atoms with Crippen LogP contribution in [0.3, 0.4) is 0 Å². The molecule has 0 unspecified atom stereocenters. The quantitative estimate of drug-likeness (QED) is 0.919. The molecule has 1 fully saturated rings. The highest BCUT2D eigenvalue weighted by Crippen LogP contribution is 2.22. The van der Waals surface area contributed by atoms with E-state index in [0.29, 0.717) is 30.5 Å². The summed E-state index contributed by atoms with van der Waals surface area (Å²) >= 11 is 0. The molecule has 1 aromatic rings. The summed E-state index contributed by atoms with van der Waals surface area (Å²) in [5.74, 6) is -2.39. The fourth-order valence-corrected chi connectivity index (χ4v) is 4.02. The topological polar surface area (TPSA) is 74.7 Å². The number of hydrogen-bond acceptors (Lipinski definition) is 3. The van der Waals surface area contributed by atoms with E-state index in [1.54, 1.807) is 13.0 Å². The monoisotopic (exact) mass is 315 g/mol. The van der Waals surface area contributed by atoms with Crippen molar-refractivity contribution in [1.29, 1.82) is 0 Å². The van der Waals surface area contributed by atoms with Crippen molar-refractivity contribution in [1.82, 2.24) is 4.31 Å². The van der Waals surface area contributed by atoms with Gasteiger partial charge in [-0.05, 0) is 37.0 Å². The number of carbonyl (C=O) groups is 1. The van der Waals surface area contributed by atoms with Crippen LogP contribution in [-0.4, -0.2) is 36.9 Å². The average molecular weight is 315 g/mol. The molecule has 1 heterocycles.